The van der Waals surface area contributed by atoms with Crippen LogP contribution in [-0.2, 0) is 9.47 Å². The smallest absolute Gasteiger partial charge is 0.218 e. The van der Waals surface area contributed by atoms with E-state index in [1.54, 1.807) is 14.2 Å². The minimum absolute atomic E-state index is 0.173. The molecule has 0 heterocycles. The van der Waals surface area contributed by atoms with Crippen LogP contribution in [0.25, 0.3) is 0 Å². The maximum Gasteiger partial charge on any atom is 0.218 e. The highest BCUT2D eigenvalue weighted by molar-refractivity contribution is 4.56. The molecule has 0 aliphatic carbocycles. The number of hydrogen-bond acceptors (Lipinski definition) is 3. The molecule has 0 unspecified atom stereocenters. The fraction of sp³-hybridized carbons (Fsp3) is 1.00. The summed E-state index contributed by atoms with van der Waals surface area (Å²) in [7, 11) is 3.39. The Labute approximate surface area is 102 Å². The molecule has 3 heteroatoms. The van der Waals surface area contributed by atoms with Crippen molar-refractivity contribution in [1.29, 1.82) is 0 Å². The van der Waals surface area contributed by atoms with Crippen LogP contribution in [0.3, 0.4) is 0 Å². The van der Waals surface area contributed by atoms with E-state index in [2.05, 4.69) is 18.7 Å². The lowest BCUT2D eigenvalue weighted by atomic mass is 10.3. The molecule has 0 rings (SSSR count). The van der Waals surface area contributed by atoms with E-state index < -0.39 is 0 Å². The van der Waals surface area contributed by atoms with E-state index in [1.165, 1.54) is 25.7 Å². The number of hydrogen-bond donors (Lipinski definition) is 0. The Morgan fingerprint density at radius 1 is 0.875 bits per heavy atom. The van der Waals surface area contributed by atoms with E-state index in [0.717, 1.165) is 13.1 Å². The van der Waals surface area contributed by atoms with Crippen molar-refractivity contribution in [1.82, 2.24) is 4.90 Å². The van der Waals surface area contributed by atoms with Gasteiger partial charge in [0.05, 0.1) is 0 Å². The van der Waals surface area contributed by atoms with Crippen molar-refractivity contribution >= 4 is 0 Å². The lowest BCUT2D eigenvalue weighted by Gasteiger charge is -2.28. The van der Waals surface area contributed by atoms with Crippen LogP contribution in [0.1, 0.15) is 53.4 Å². The zero-order chi connectivity index (χ0) is 12.8. The SMILES string of the molecule is CC.CCCCN(CCCC)C(OC)OC. The average Bonchev–Trinajstić information content (AvgIpc) is 2.35. The van der Waals surface area contributed by atoms with Gasteiger partial charge in [0.1, 0.15) is 0 Å². The molecule has 0 aliphatic rings. The topological polar surface area (TPSA) is 21.7 Å². The highest BCUT2D eigenvalue weighted by Gasteiger charge is 2.15. The minimum Gasteiger partial charge on any atom is -0.343 e. The van der Waals surface area contributed by atoms with Gasteiger partial charge >= 0.3 is 0 Å². The van der Waals surface area contributed by atoms with Crippen LogP contribution >= 0.6 is 0 Å². The molecule has 0 aromatic carbocycles. The van der Waals surface area contributed by atoms with Gasteiger partial charge in [-0.3, -0.25) is 4.90 Å². The van der Waals surface area contributed by atoms with Crippen LogP contribution < -0.4 is 0 Å². The Morgan fingerprint density at radius 3 is 1.50 bits per heavy atom. The van der Waals surface area contributed by atoms with Gasteiger partial charge in [0, 0.05) is 27.3 Å². The molecule has 0 fully saturated rings. The number of unbranched alkanes of at least 4 members (excludes halogenated alkanes) is 2. The summed E-state index contributed by atoms with van der Waals surface area (Å²) in [5.74, 6) is 0. The molecular weight excluding hydrogens is 202 g/mol. The average molecular weight is 233 g/mol. The molecule has 16 heavy (non-hydrogen) atoms. The fourth-order valence-electron chi connectivity index (χ4n) is 1.44. The van der Waals surface area contributed by atoms with E-state index >= 15 is 0 Å². The highest BCUT2D eigenvalue weighted by atomic mass is 16.7. The Morgan fingerprint density at radius 2 is 1.25 bits per heavy atom. The lowest BCUT2D eigenvalue weighted by Crippen LogP contribution is -2.39. The predicted octanol–water partition coefficient (Wildman–Crippen LogP) is 3.49. The quantitative estimate of drug-likeness (QED) is 0.569. The van der Waals surface area contributed by atoms with Gasteiger partial charge in [0.2, 0.25) is 6.41 Å². The van der Waals surface area contributed by atoms with E-state index in [0.29, 0.717) is 0 Å². The monoisotopic (exact) mass is 233 g/mol. The van der Waals surface area contributed by atoms with Crippen LogP contribution in [0.15, 0.2) is 0 Å². The summed E-state index contributed by atoms with van der Waals surface area (Å²) in [5.41, 5.74) is 0. The van der Waals surface area contributed by atoms with Crippen molar-refractivity contribution in [2.75, 3.05) is 27.3 Å². The van der Waals surface area contributed by atoms with Crippen LogP contribution in [-0.4, -0.2) is 38.6 Å². The molecule has 0 radical (unpaired) electrons. The van der Waals surface area contributed by atoms with Crippen molar-refractivity contribution in [2.45, 2.75) is 59.8 Å². The van der Waals surface area contributed by atoms with Crippen LogP contribution in [0.4, 0.5) is 0 Å². The summed E-state index contributed by atoms with van der Waals surface area (Å²) < 4.78 is 10.5. The van der Waals surface area contributed by atoms with Gasteiger partial charge in [0.25, 0.3) is 0 Å². The zero-order valence-corrected chi connectivity index (χ0v) is 12.1. The van der Waals surface area contributed by atoms with Gasteiger partial charge in [-0.15, -0.1) is 0 Å². The predicted molar refractivity (Wildman–Crippen MR) is 70.5 cm³/mol. The molecule has 100 valence electrons. The molecule has 0 N–H and O–H groups in total. The maximum atomic E-state index is 5.26. The van der Waals surface area contributed by atoms with Gasteiger partial charge in [-0.05, 0) is 12.8 Å². The third-order valence-corrected chi connectivity index (χ3v) is 2.30. The molecular formula is C13H31NO2. The Bertz CT molecular complexity index is 109. The van der Waals surface area contributed by atoms with Crippen molar-refractivity contribution in [3.8, 4) is 0 Å². The summed E-state index contributed by atoms with van der Waals surface area (Å²) in [5, 5.41) is 0. The maximum absolute atomic E-state index is 5.26. The third-order valence-electron chi connectivity index (χ3n) is 2.30. The largest absolute Gasteiger partial charge is 0.343 e. The molecule has 0 bridgehead atoms. The van der Waals surface area contributed by atoms with Crippen molar-refractivity contribution < 1.29 is 9.47 Å². The molecule has 0 saturated carbocycles. The van der Waals surface area contributed by atoms with E-state index in [9.17, 15) is 0 Å². The summed E-state index contributed by atoms with van der Waals surface area (Å²) >= 11 is 0. The van der Waals surface area contributed by atoms with Crippen molar-refractivity contribution in [3.05, 3.63) is 0 Å². The van der Waals surface area contributed by atoms with Gasteiger partial charge < -0.3 is 9.47 Å². The normalized spacial score (nSPS) is 10.5. The molecule has 0 aliphatic heterocycles. The molecule has 0 aromatic heterocycles. The first kappa shape index (κ1) is 18.3. The molecule has 0 amide bonds. The van der Waals surface area contributed by atoms with Crippen molar-refractivity contribution in [3.63, 3.8) is 0 Å². The minimum atomic E-state index is -0.173. The molecule has 0 saturated heterocycles. The van der Waals surface area contributed by atoms with Gasteiger partial charge in [-0.1, -0.05) is 40.5 Å². The third kappa shape index (κ3) is 9.13. The van der Waals surface area contributed by atoms with Gasteiger partial charge in [-0.2, -0.15) is 0 Å². The Kier molecular flexibility index (Phi) is 17.0. The summed E-state index contributed by atoms with van der Waals surface area (Å²) in [4.78, 5) is 2.26. The first-order valence-electron chi connectivity index (χ1n) is 6.59. The first-order valence-corrected chi connectivity index (χ1v) is 6.59. The summed E-state index contributed by atoms with van der Waals surface area (Å²) in [6, 6.07) is 0. The number of methoxy groups -OCH3 is 2. The van der Waals surface area contributed by atoms with Gasteiger partial charge in [0.15, 0.2) is 0 Å². The second-order valence-corrected chi connectivity index (χ2v) is 3.52. The Hall–Kier alpha value is -0.120. The molecule has 0 atom stereocenters. The van der Waals surface area contributed by atoms with E-state index in [4.69, 9.17) is 9.47 Å². The van der Waals surface area contributed by atoms with Gasteiger partial charge in [-0.25, -0.2) is 0 Å². The molecule has 0 spiro atoms. The number of rotatable bonds is 9. The van der Waals surface area contributed by atoms with Crippen LogP contribution in [0, 0.1) is 0 Å². The van der Waals surface area contributed by atoms with E-state index in [-0.39, 0.29) is 6.41 Å². The molecule has 3 nitrogen and oxygen atoms in total. The second-order valence-electron chi connectivity index (χ2n) is 3.52. The summed E-state index contributed by atoms with van der Waals surface area (Å²) in [6.45, 7) is 10.5. The van der Waals surface area contributed by atoms with E-state index in [1.807, 2.05) is 13.8 Å². The van der Waals surface area contributed by atoms with Crippen LogP contribution in [0.5, 0.6) is 0 Å². The standard InChI is InChI=1S/C11H25NO2.C2H6/c1-5-7-9-12(10-8-6-2)11(13-3)14-4;1-2/h11H,5-10H2,1-4H3;1-2H3. The highest BCUT2D eigenvalue weighted by Crippen LogP contribution is 2.06. The number of ether oxygens (including phenoxy) is 2. The summed E-state index contributed by atoms with van der Waals surface area (Å²) in [6.07, 6.45) is 4.65. The first-order chi connectivity index (χ1) is 7.79. The number of nitrogens with zero attached hydrogens (tertiary/aromatic N) is 1. The van der Waals surface area contributed by atoms with Crippen LogP contribution in [0.2, 0.25) is 0 Å². The molecule has 0 aromatic rings. The fourth-order valence-corrected chi connectivity index (χ4v) is 1.44. The lowest BCUT2D eigenvalue weighted by molar-refractivity contribution is -0.196. The van der Waals surface area contributed by atoms with Crippen molar-refractivity contribution in [2.24, 2.45) is 0 Å². The Balaban J connectivity index is 0. The zero-order valence-electron chi connectivity index (χ0n) is 12.1. The second kappa shape index (κ2) is 14.9.